The third kappa shape index (κ3) is 3.96. The predicted octanol–water partition coefficient (Wildman–Crippen LogP) is 2.67. The maximum absolute atomic E-state index is 14.0. The SMILES string of the molecule is CS(=O)(=O)OCC1(COc2ncc3ccc(Br)c(F)c3n2)CC1. The minimum Gasteiger partial charge on any atom is -0.463 e. The van der Waals surface area contributed by atoms with Crippen LogP contribution in [0.15, 0.2) is 22.8 Å². The van der Waals surface area contributed by atoms with Crippen LogP contribution in [0, 0.1) is 11.2 Å². The van der Waals surface area contributed by atoms with Crippen LogP contribution in [0.4, 0.5) is 4.39 Å². The van der Waals surface area contributed by atoms with Crippen LogP contribution in [0.1, 0.15) is 12.8 Å². The van der Waals surface area contributed by atoms with Gasteiger partial charge in [-0.15, -0.1) is 0 Å². The van der Waals surface area contributed by atoms with Crippen LogP contribution in [-0.4, -0.2) is 37.9 Å². The molecule has 1 aromatic heterocycles. The Bertz CT molecular complexity index is 855. The van der Waals surface area contributed by atoms with Crippen LogP contribution in [0.3, 0.4) is 0 Å². The number of rotatable bonds is 6. The van der Waals surface area contributed by atoms with Crippen molar-refractivity contribution in [2.24, 2.45) is 5.41 Å². The second-order valence-electron chi connectivity index (χ2n) is 5.71. The van der Waals surface area contributed by atoms with E-state index in [2.05, 4.69) is 25.9 Å². The maximum Gasteiger partial charge on any atom is 0.317 e. The van der Waals surface area contributed by atoms with Crippen molar-refractivity contribution in [2.75, 3.05) is 19.5 Å². The molecule has 1 heterocycles. The summed E-state index contributed by atoms with van der Waals surface area (Å²) >= 11 is 3.11. The van der Waals surface area contributed by atoms with Crippen LogP contribution in [0.5, 0.6) is 6.01 Å². The van der Waals surface area contributed by atoms with Crippen molar-refractivity contribution in [1.29, 1.82) is 0 Å². The Morgan fingerprint density at radius 3 is 2.74 bits per heavy atom. The summed E-state index contributed by atoms with van der Waals surface area (Å²) in [7, 11) is -3.48. The van der Waals surface area contributed by atoms with Gasteiger partial charge in [0.2, 0.25) is 0 Å². The summed E-state index contributed by atoms with van der Waals surface area (Å²) in [4.78, 5) is 8.12. The van der Waals surface area contributed by atoms with E-state index in [9.17, 15) is 12.8 Å². The number of halogens is 2. The van der Waals surface area contributed by atoms with Gasteiger partial charge in [-0.25, -0.2) is 9.37 Å². The lowest BCUT2D eigenvalue weighted by Gasteiger charge is -2.14. The molecule has 3 rings (SSSR count). The largest absolute Gasteiger partial charge is 0.463 e. The number of ether oxygens (including phenoxy) is 1. The summed E-state index contributed by atoms with van der Waals surface area (Å²) in [5.74, 6) is -0.476. The Hall–Kier alpha value is -1.32. The Balaban J connectivity index is 1.71. The molecule has 124 valence electrons. The number of hydrogen-bond donors (Lipinski definition) is 0. The van der Waals surface area contributed by atoms with Gasteiger partial charge in [0.1, 0.15) is 5.52 Å². The number of nitrogens with zero attached hydrogens (tertiary/aromatic N) is 2. The van der Waals surface area contributed by atoms with Crippen molar-refractivity contribution in [3.63, 3.8) is 0 Å². The third-order valence-corrected chi connectivity index (χ3v) is 4.82. The highest BCUT2D eigenvalue weighted by Gasteiger charge is 2.45. The van der Waals surface area contributed by atoms with Gasteiger partial charge >= 0.3 is 6.01 Å². The Morgan fingerprint density at radius 2 is 2.09 bits per heavy atom. The summed E-state index contributed by atoms with van der Waals surface area (Å²) in [5.41, 5.74) is -0.168. The van der Waals surface area contributed by atoms with Crippen molar-refractivity contribution in [2.45, 2.75) is 12.8 Å². The maximum atomic E-state index is 14.0. The highest BCUT2D eigenvalue weighted by molar-refractivity contribution is 9.10. The summed E-state index contributed by atoms with van der Waals surface area (Å²) in [6.07, 6.45) is 4.10. The summed E-state index contributed by atoms with van der Waals surface area (Å²) in [6.45, 7) is 0.295. The van der Waals surface area contributed by atoms with Crippen molar-refractivity contribution in [3.8, 4) is 6.01 Å². The zero-order chi connectivity index (χ0) is 16.7. The first-order valence-corrected chi connectivity index (χ1v) is 9.47. The molecular weight excluding hydrogens is 391 g/mol. The number of benzene rings is 1. The zero-order valence-electron chi connectivity index (χ0n) is 12.3. The molecule has 1 fully saturated rings. The van der Waals surface area contributed by atoms with Gasteiger partial charge < -0.3 is 4.74 Å². The van der Waals surface area contributed by atoms with Gasteiger partial charge in [-0.05, 0) is 40.9 Å². The average Bonchev–Trinajstić information content (AvgIpc) is 3.27. The smallest absolute Gasteiger partial charge is 0.317 e. The third-order valence-electron chi connectivity index (χ3n) is 3.67. The van der Waals surface area contributed by atoms with Crippen LogP contribution in [-0.2, 0) is 14.3 Å². The fourth-order valence-corrected chi connectivity index (χ4v) is 2.83. The number of aromatic nitrogens is 2. The van der Waals surface area contributed by atoms with Gasteiger partial charge in [-0.3, -0.25) is 4.18 Å². The predicted molar refractivity (Wildman–Crippen MR) is 85.2 cm³/mol. The monoisotopic (exact) mass is 404 g/mol. The van der Waals surface area contributed by atoms with E-state index in [1.807, 2.05) is 0 Å². The molecule has 9 heteroatoms. The summed E-state index contributed by atoms with van der Waals surface area (Å²) in [5, 5.41) is 0.569. The molecule has 1 saturated carbocycles. The van der Waals surface area contributed by atoms with Crippen LogP contribution in [0.25, 0.3) is 10.9 Å². The highest BCUT2D eigenvalue weighted by Crippen LogP contribution is 2.46. The molecule has 6 nitrogen and oxygen atoms in total. The molecule has 1 aliphatic carbocycles. The van der Waals surface area contributed by atoms with E-state index in [1.165, 1.54) is 6.20 Å². The fourth-order valence-electron chi connectivity index (χ4n) is 2.05. The van der Waals surface area contributed by atoms with E-state index in [1.54, 1.807) is 12.1 Å². The molecule has 0 atom stereocenters. The van der Waals surface area contributed by atoms with Gasteiger partial charge in [0.05, 0.1) is 23.9 Å². The van der Waals surface area contributed by atoms with E-state index in [4.69, 9.17) is 8.92 Å². The molecule has 1 aliphatic rings. The zero-order valence-corrected chi connectivity index (χ0v) is 14.7. The summed E-state index contributed by atoms with van der Waals surface area (Å²) < 4.78 is 46.8. The van der Waals surface area contributed by atoms with Crippen molar-refractivity contribution in [1.82, 2.24) is 9.97 Å². The first kappa shape index (κ1) is 16.5. The van der Waals surface area contributed by atoms with Crippen molar-refractivity contribution >= 4 is 37.0 Å². The lowest BCUT2D eigenvalue weighted by Crippen LogP contribution is -2.22. The van der Waals surface area contributed by atoms with Crippen LogP contribution in [0.2, 0.25) is 0 Å². The molecule has 1 aromatic carbocycles. The minimum atomic E-state index is -3.48. The van der Waals surface area contributed by atoms with Gasteiger partial charge in [-0.1, -0.05) is 0 Å². The van der Waals surface area contributed by atoms with Gasteiger partial charge in [0.15, 0.2) is 5.82 Å². The highest BCUT2D eigenvalue weighted by atomic mass is 79.9. The number of fused-ring (bicyclic) bond motifs is 1. The molecular formula is C14H14BrFN2O4S. The van der Waals surface area contributed by atoms with E-state index in [-0.39, 0.29) is 30.2 Å². The fraction of sp³-hybridized carbons (Fsp3) is 0.429. The molecule has 23 heavy (non-hydrogen) atoms. The molecule has 0 aliphatic heterocycles. The first-order valence-electron chi connectivity index (χ1n) is 6.86. The Labute approximate surface area is 141 Å². The van der Waals surface area contributed by atoms with Gasteiger partial charge in [0.25, 0.3) is 10.1 Å². The number of hydrogen-bond acceptors (Lipinski definition) is 6. The second-order valence-corrected chi connectivity index (χ2v) is 8.21. The molecule has 2 aromatic rings. The standard InChI is InChI=1S/C14H14BrFN2O4S/c1-23(19,20)22-8-14(4-5-14)7-21-13-17-6-9-2-3-10(15)11(16)12(9)18-13/h2-3,6H,4-5,7-8H2,1H3. The van der Waals surface area contributed by atoms with Crippen molar-refractivity contribution in [3.05, 3.63) is 28.6 Å². The van der Waals surface area contributed by atoms with E-state index in [0.29, 0.717) is 9.86 Å². The van der Waals surface area contributed by atoms with Crippen LogP contribution < -0.4 is 4.74 Å². The molecule has 0 radical (unpaired) electrons. The molecule has 0 amide bonds. The second kappa shape index (κ2) is 5.95. The Kier molecular flexibility index (Phi) is 4.28. The molecule has 0 spiro atoms. The lowest BCUT2D eigenvalue weighted by atomic mass is 10.1. The van der Waals surface area contributed by atoms with Gasteiger partial charge in [-0.2, -0.15) is 13.4 Å². The van der Waals surface area contributed by atoms with E-state index in [0.717, 1.165) is 19.1 Å². The summed E-state index contributed by atoms with van der Waals surface area (Å²) in [6, 6.07) is 3.35. The van der Waals surface area contributed by atoms with Crippen LogP contribution >= 0.6 is 15.9 Å². The topological polar surface area (TPSA) is 78.4 Å². The minimum absolute atomic E-state index is 0.0557. The quantitative estimate of drug-likeness (QED) is 0.688. The molecule has 0 saturated heterocycles. The van der Waals surface area contributed by atoms with Gasteiger partial charge in [0, 0.05) is 17.0 Å². The van der Waals surface area contributed by atoms with E-state index < -0.39 is 15.9 Å². The van der Waals surface area contributed by atoms with Crippen molar-refractivity contribution < 1.29 is 21.7 Å². The molecule has 0 unspecified atom stereocenters. The lowest BCUT2D eigenvalue weighted by molar-refractivity contribution is 0.157. The first-order chi connectivity index (χ1) is 10.8. The van der Waals surface area contributed by atoms with E-state index >= 15 is 0 Å². The molecule has 0 N–H and O–H groups in total. The molecule has 0 bridgehead atoms. The average molecular weight is 405 g/mol. The normalized spacial score (nSPS) is 16.5. The Morgan fingerprint density at radius 1 is 1.35 bits per heavy atom.